The SMILES string of the molecule is CN=C(NCc1ccccc1CN(C)Cc1ccco1)Nc1ccc(OC)c(OC)c1. The van der Waals surface area contributed by atoms with Crippen LogP contribution in [-0.4, -0.2) is 39.2 Å². The van der Waals surface area contributed by atoms with E-state index in [1.54, 1.807) is 27.5 Å². The standard InChI is InChI=1S/C24H30N4O3/c1-25-24(27-20-11-12-22(29-3)23(14-20)30-4)26-15-18-8-5-6-9-19(18)16-28(2)17-21-10-7-13-31-21/h5-14H,15-17H2,1-4H3,(H2,25,26,27). The van der Waals surface area contributed by atoms with E-state index in [1.165, 1.54) is 11.1 Å². The number of nitrogens with zero attached hydrogens (tertiary/aromatic N) is 2. The Hall–Kier alpha value is -3.45. The Kier molecular flexibility index (Phi) is 7.95. The van der Waals surface area contributed by atoms with Gasteiger partial charge in [-0.3, -0.25) is 9.89 Å². The molecule has 2 aromatic carbocycles. The van der Waals surface area contributed by atoms with Gasteiger partial charge < -0.3 is 24.5 Å². The number of rotatable bonds is 9. The third-order valence-corrected chi connectivity index (χ3v) is 4.88. The summed E-state index contributed by atoms with van der Waals surface area (Å²) in [6.07, 6.45) is 1.71. The molecule has 0 unspecified atom stereocenters. The van der Waals surface area contributed by atoms with Crippen LogP contribution in [0.15, 0.2) is 70.3 Å². The van der Waals surface area contributed by atoms with Crippen LogP contribution in [-0.2, 0) is 19.6 Å². The van der Waals surface area contributed by atoms with Gasteiger partial charge in [0.1, 0.15) is 5.76 Å². The van der Waals surface area contributed by atoms with Crippen LogP contribution in [0, 0.1) is 0 Å². The number of methoxy groups -OCH3 is 2. The van der Waals surface area contributed by atoms with Crippen molar-refractivity contribution in [3.8, 4) is 11.5 Å². The molecule has 7 heteroatoms. The van der Waals surface area contributed by atoms with Crippen LogP contribution in [0.25, 0.3) is 0 Å². The molecule has 1 aromatic heterocycles. The molecule has 2 N–H and O–H groups in total. The fourth-order valence-electron chi connectivity index (χ4n) is 3.31. The summed E-state index contributed by atoms with van der Waals surface area (Å²) in [4.78, 5) is 6.57. The second-order valence-electron chi connectivity index (χ2n) is 7.14. The first-order valence-corrected chi connectivity index (χ1v) is 10.1. The van der Waals surface area contributed by atoms with Gasteiger partial charge in [-0.15, -0.1) is 0 Å². The molecule has 0 saturated heterocycles. The van der Waals surface area contributed by atoms with Crippen molar-refractivity contribution >= 4 is 11.6 Å². The Balaban J connectivity index is 1.62. The zero-order valence-corrected chi connectivity index (χ0v) is 18.5. The Bertz CT molecular complexity index is 986. The van der Waals surface area contributed by atoms with Crippen molar-refractivity contribution in [2.24, 2.45) is 4.99 Å². The third-order valence-electron chi connectivity index (χ3n) is 4.88. The quantitative estimate of drug-likeness (QED) is 0.399. The van der Waals surface area contributed by atoms with Gasteiger partial charge in [-0.25, -0.2) is 0 Å². The summed E-state index contributed by atoms with van der Waals surface area (Å²) in [5, 5.41) is 6.68. The number of hydrogen-bond donors (Lipinski definition) is 2. The minimum Gasteiger partial charge on any atom is -0.493 e. The van der Waals surface area contributed by atoms with Gasteiger partial charge in [0.2, 0.25) is 0 Å². The zero-order valence-electron chi connectivity index (χ0n) is 18.5. The van der Waals surface area contributed by atoms with Crippen molar-refractivity contribution in [3.63, 3.8) is 0 Å². The summed E-state index contributed by atoms with van der Waals surface area (Å²) >= 11 is 0. The first kappa shape index (κ1) is 22.2. The van der Waals surface area contributed by atoms with Gasteiger partial charge in [-0.05, 0) is 42.4 Å². The zero-order chi connectivity index (χ0) is 22.1. The molecule has 0 fully saturated rings. The van der Waals surface area contributed by atoms with E-state index in [2.05, 4.69) is 51.8 Å². The minimum atomic E-state index is 0.651. The lowest BCUT2D eigenvalue weighted by Crippen LogP contribution is -2.30. The molecule has 3 rings (SSSR count). The molecule has 0 aliphatic rings. The monoisotopic (exact) mass is 422 g/mol. The van der Waals surface area contributed by atoms with Crippen LogP contribution in [0.3, 0.4) is 0 Å². The van der Waals surface area contributed by atoms with Gasteiger partial charge >= 0.3 is 0 Å². The van der Waals surface area contributed by atoms with E-state index < -0.39 is 0 Å². The van der Waals surface area contributed by atoms with Crippen molar-refractivity contribution in [2.45, 2.75) is 19.6 Å². The Morgan fingerprint density at radius 2 is 1.74 bits per heavy atom. The first-order chi connectivity index (χ1) is 15.1. The topological polar surface area (TPSA) is 71.3 Å². The van der Waals surface area contributed by atoms with Crippen LogP contribution in [0.1, 0.15) is 16.9 Å². The molecule has 0 aliphatic heterocycles. The van der Waals surface area contributed by atoms with Crippen molar-refractivity contribution in [1.82, 2.24) is 10.2 Å². The second-order valence-corrected chi connectivity index (χ2v) is 7.14. The maximum absolute atomic E-state index is 5.46. The fraction of sp³-hybridized carbons (Fsp3) is 0.292. The molecule has 7 nitrogen and oxygen atoms in total. The number of guanidine groups is 1. The van der Waals surface area contributed by atoms with Gasteiger partial charge in [-0.2, -0.15) is 0 Å². The lowest BCUT2D eigenvalue weighted by Gasteiger charge is -2.19. The highest BCUT2D eigenvalue weighted by atomic mass is 16.5. The smallest absolute Gasteiger partial charge is 0.195 e. The second kappa shape index (κ2) is 11.1. The van der Waals surface area contributed by atoms with Gasteiger partial charge in [0.05, 0.1) is 27.0 Å². The molecule has 164 valence electrons. The number of benzene rings is 2. The molecule has 0 spiro atoms. The summed E-state index contributed by atoms with van der Waals surface area (Å²) in [6.45, 7) is 2.23. The average Bonchev–Trinajstić information content (AvgIpc) is 3.30. The van der Waals surface area contributed by atoms with Crippen LogP contribution < -0.4 is 20.1 Å². The van der Waals surface area contributed by atoms with Crippen molar-refractivity contribution in [2.75, 3.05) is 33.6 Å². The van der Waals surface area contributed by atoms with Gasteiger partial charge in [0, 0.05) is 31.9 Å². The van der Waals surface area contributed by atoms with Crippen molar-refractivity contribution in [1.29, 1.82) is 0 Å². The summed E-state index contributed by atoms with van der Waals surface area (Å²) in [7, 11) is 7.08. The van der Waals surface area contributed by atoms with Gasteiger partial charge in [-0.1, -0.05) is 24.3 Å². The lowest BCUT2D eigenvalue weighted by molar-refractivity contribution is 0.287. The molecular weight excluding hydrogens is 392 g/mol. The molecule has 0 atom stereocenters. The summed E-state index contributed by atoms with van der Waals surface area (Å²) in [5.41, 5.74) is 3.33. The minimum absolute atomic E-state index is 0.651. The van der Waals surface area contributed by atoms with E-state index in [4.69, 9.17) is 13.9 Å². The van der Waals surface area contributed by atoms with E-state index >= 15 is 0 Å². The van der Waals surface area contributed by atoms with Crippen molar-refractivity contribution in [3.05, 3.63) is 77.7 Å². The summed E-state index contributed by atoms with van der Waals surface area (Å²) in [5.74, 6) is 2.97. The van der Waals surface area contributed by atoms with Gasteiger partial charge in [0.15, 0.2) is 17.5 Å². The summed E-state index contributed by atoms with van der Waals surface area (Å²) < 4.78 is 16.1. The lowest BCUT2D eigenvalue weighted by atomic mass is 10.1. The van der Waals surface area contributed by atoms with Crippen LogP contribution in [0.4, 0.5) is 5.69 Å². The molecule has 31 heavy (non-hydrogen) atoms. The van der Waals surface area contributed by atoms with E-state index in [0.29, 0.717) is 24.0 Å². The number of nitrogens with one attached hydrogen (secondary N) is 2. The van der Waals surface area contributed by atoms with E-state index in [1.807, 2.05) is 30.3 Å². The third kappa shape index (κ3) is 6.26. The normalized spacial score (nSPS) is 11.5. The molecule has 0 saturated carbocycles. The molecule has 0 aliphatic carbocycles. The molecule has 0 amide bonds. The Morgan fingerprint density at radius 1 is 0.968 bits per heavy atom. The Morgan fingerprint density at radius 3 is 2.42 bits per heavy atom. The first-order valence-electron chi connectivity index (χ1n) is 10.1. The summed E-state index contributed by atoms with van der Waals surface area (Å²) in [6, 6.07) is 18.0. The molecule has 3 aromatic rings. The van der Waals surface area contributed by atoms with E-state index in [0.717, 1.165) is 24.5 Å². The van der Waals surface area contributed by atoms with Crippen LogP contribution in [0.2, 0.25) is 0 Å². The maximum Gasteiger partial charge on any atom is 0.195 e. The van der Waals surface area contributed by atoms with Crippen molar-refractivity contribution < 1.29 is 13.9 Å². The number of hydrogen-bond acceptors (Lipinski definition) is 5. The van der Waals surface area contributed by atoms with E-state index in [-0.39, 0.29) is 0 Å². The highest BCUT2D eigenvalue weighted by Gasteiger charge is 2.09. The molecule has 1 heterocycles. The number of anilines is 1. The largest absolute Gasteiger partial charge is 0.493 e. The van der Waals surface area contributed by atoms with E-state index in [9.17, 15) is 0 Å². The predicted octanol–water partition coefficient (Wildman–Crippen LogP) is 4.12. The van der Waals surface area contributed by atoms with Crippen LogP contribution >= 0.6 is 0 Å². The highest BCUT2D eigenvalue weighted by molar-refractivity contribution is 5.93. The average molecular weight is 423 g/mol. The Labute approximate surface area is 183 Å². The predicted molar refractivity (Wildman–Crippen MR) is 124 cm³/mol. The fourth-order valence-corrected chi connectivity index (χ4v) is 3.31. The number of furan rings is 1. The number of ether oxygens (including phenoxy) is 2. The highest BCUT2D eigenvalue weighted by Crippen LogP contribution is 2.29. The molecular formula is C24H30N4O3. The maximum atomic E-state index is 5.46. The number of aliphatic imine (C=N–C) groups is 1. The molecule has 0 radical (unpaired) electrons. The molecule has 0 bridgehead atoms. The van der Waals surface area contributed by atoms with Crippen LogP contribution in [0.5, 0.6) is 11.5 Å². The van der Waals surface area contributed by atoms with Gasteiger partial charge in [0.25, 0.3) is 0 Å².